The van der Waals surface area contributed by atoms with Crippen LogP contribution < -0.4 is 0 Å². The minimum absolute atomic E-state index is 0.0812. The van der Waals surface area contributed by atoms with Gasteiger partial charge in [0.05, 0.1) is 12.5 Å². The summed E-state index contributed by atoms with van der Waals surface area (Å²) in [5.74, 6) is -1.16. The van der Waals surface area contributed by atoms with E-state index in [1.807, 2.05) is 0 Å². The molecule has 0 aromatic carbocycles. The Balaban J connectivity index is 3.36. The quantitative estimate of drug-likeness (QED) is 0.395. The number of methoxy groups -OCH3 is 1. The summed E-state index contributed by atoms with van der Waals surface area (Å²) in [6.07, 6.45) is 0. The SMILES string of the molecule is COCCO[P+](=O)C(O)CCl. The van der Waals surface area contributed by atoms with E-state index in [2.05, 4.69) is 9.26 Å². The van der Waals surface area contributed by atoms with Gasteiger partial charge in [0.2, 0.25) is 0 Å². The van der Waals surface area contributed by atoms with Crippen LogP contribution >= 0.6 is 19.6 Å². The number of rotatable bonds is 6. The predicted molar refractivity (Wildman–Crippen MR) is 42.2 cm³/mol. The Kier molecular flexibility index (Phi) is 7.12. The molecule has 0 saturated carbocycles. The number of hydrogen-bond donors (Lipinski definition) is 1. The standard InChI is InChI=1S/C5H11ClO4P/c1-9-2-3-10-11(8)5(7)4-6/h5,7H,2-4H2,1H3/q+1. The molecule has 0 spiro atoms. The molecule has 0 heterocycles. The van der Waals surface area contributed by atoms with Gasteiger partial charge in [0.25, 0.3) is 5.85 Å². The van der Waals surface area contributed by atoms with E-state index in [-0.39, 0.29) is 12.5 Å². The van der Waals surface area contributed by atoms with Crippen molar-refractivity contribution in [1.29, 1.82) is 0 Å². The van der Waals surface area contributed by atoms with Crippen LogP contribution in [0, 0.1) is 0 Å². The maximum atomic E-state index is 10.8. The Labute approximate surface area is 71.3 Å². The molecule has 2 unspecified atom stereocenters. The van der Waals surface area contributed by atoms with Crippen LogP contribution in [0.3, 0.4) is 0 Å². The minimum atomic E-state index is -2.06. The lowest BCUT2D eigenvalue weighted by molar-refractivity contribution is 0.143. The molecule has 0 fully saturated rings. The Morgan fingerprint density at radius 1 is 1.64 bits per heavy atom. The van der Waals surface area contributed by atoms with E-state index in [0.29, 0.717) is 6.61 Å². The molecule has 2 atom stereocenters. The van der Waals surface area contributed by atoms with Gasteiger partial charge in [-0.25, -0.2) is 0 Å². The number of hydrogen-bond acceptors (Lipinski definition) is 4. The van der Waals surface area contributed by atoms with Gasteiger partial charge in [-0.05, 0) is 4.57 Å². The third-order valence-corrected chi connectivity index (χ3v) is 2.50. The monoisotopic (exact) mass is 201 g/mol. The number of alkyl halides is 1. The smallest absolute Gasteiger partial charge is 0.382 e. The van der Waals surface area contributed by atoms with Crippen LogP contribution in [0.5, 0.6) is 0 Å². The highest BCUT2D eigenvalue weighted by atomic mass is 35.5. The van der Waals surface area contributed by atoms with Crippen molar-refractivity contribution in [2.24, 2.45) is 0 Å². The van der Waals surface area contributed by atoms with Crippen molar-refractivity contribution >= 4 is 19.6 Å². The molecule has 0 bridgehead atoms. The molecule has 4 nitrogen and oxygen atoms in total. The summed E-state index contributed by atoms with van der Waals surface area (Å²) in [6.45, 7) is 0.565. The van der Waals surface area contributed by atoms with Crippen molar-refractivity contribution in [3.63, 3.8) is 0 Å². The van der Waals surface area contributed by atoms with Crippen LogP contribution in [-0.2, 0) is 13.8 Å². The maximum Gasteiger partial charge on any atom is 0.541 e. The zero-order valence-electron chi connectivity index (χ0n) is 6.20. The highest BCUT2D eigenvalue weighted by Gasteiger charge is 2.28. The Bertz CT molecular complexity index is 121. The van der Waals surface area contributed by atoms with Crippen LogP contribution in [-0.4, -0.2) is 37.2 Å². The van der Waals surface area contributed by atoms with Gasteiger partial charge < -0.3 is 9.84 Å². The van der Waals surface area contributed by atoms with Crippen LogP contribution in [0.25, 0.3) is 0 Å². The first-order valence-corrected chi connectivity index (χ1v) is 4.82. The Morgan fingerprint density at radius 2 is 2.27 bits per heavy atom. The molecular weight excluding hydrogens is 190 g/mol. The molecule has 0 saturated heterocycles. The lowest BCUT2D eigenvalue weighted by Crippen LogP contribution is -2.05. The van der Waals surface area contributed by atoms with Crippen LogP contribution in [0.15, 0.2) is 0 Å². The molecular formula is C5H11ClO4P+. The second-order valence-corrected chi connectivity index (χ2v) is 3.48. The highest BCUT2D eigenvalue weighted by Crippen LogP contribution is 2.27. The molecule has 0 aromatic heterocycles. The normalized spacial score (nSPS) is 14.6. The average Bonchev–Trinajstić information content (AvgIpc) is 2.03. The molecule has 0 rings (SSSR count). The van der Waals surface area contributed by atoms with E-state index < -0.39 is 13.9 Å². The second-order valence-electron chi connectivity index (χ2n) is 1.75. The third kappa shape index (κ3) is 5.53. The van der Waals surface area contributed by atoms with Gasteiger partial charge in [0.15, 0.2) is 0 Å². The average molecular weight is 202 g/mol. The second kappa shape index (κ2) is 6.95. The van der Waals surface area contributed by atoms with Gasteiger partial charge >= 0.3 is 8.03 Å². The maximum absolute atomic E-state index is 10.8. The molecule has 11 heavy (non-hydrogen) atoms. The molecule has 0 amide bonds. The van der Waals surface area contributed by atoms with E-state index in [4.69, 9.17) is 16.7 Å². The molecule has 0 aromatic rings. The van der Waals surface area contributed by atoms with Gasteiger partial charge in [-0.3, -0.25) is 0 Å². The van der Waals surface area contributed by atoms with Crippen LogP contribution in [0.1, 0.15) is 0 Å². The largest absolute Gasteiger partial charge is 0.541 e. The van der Waals surface area contributed by atoms with Gasteiger partial charge in [-0.2, -0.15) is 0 Å². The summed E-state index contributed by atoms with van der Waals surface area (Å²) < 4.78 is 20.1. The topological polar surface area (TPSA) is 55.8 Å². The number of ether oxygens (including phenoxy) is 1. The molecule has 1 N–H and O–H groups in total. The summed E-state index contributed by atoms with van der Waals surface area (Å²) in [7, 11) is -0.552. The molecule has 6 heteroatoms. The molecule has 0 radical (unpaired) electrons. The molecule has 0 aliphatic rings. The first-order chi connectivity index (χ1) is 5.22. The number of halogens is 1. The summed E-state index contributed by atoms with van der Waals surface area (Å²) in [5.41, 5.74) is 0. The fourth-order valence-electron chi connectivity index (χ4n) is 0.353. The van der Waals surface area contributed by atoms with Gasteiger partial charge in [0.1, 0.15) is 6.61 Å². The molecule has 0 aliphatic carbocycles. The Morgan fingerprint density at radius 3 is 2.73 bits per heavy atom. The molecule has 66 valence electrons. The first-order valence-electron chi connectivity index (χ1n) is 3.04. The third-order valence-electron chi connectivity index (χ3n) is 0.887. The van der Waals surface area contributed by atoms with E-state index in [1.54, 1.807) is 0 Å². The van der Waals surface area contributed by atoms with Gasteiger partial charge in [-0.15, -0.1) is 16.1 Å². The van der Waals surface area contributed by atoms with Crippen molar-refractivity contribution in [3.8, 4) is 0 Å². The first kappa shape index (κ1) is 11.3. The highest BCUT2D eigenvalue weighted by molar-refractivity contribution is 7.39. The van der Waals surface area contributed by atoms with Crippen molar-refractivity contribution < 1.29 is 18.9 Å². The fourth-order valence-corrected chi connectivity index (χ4v) is 1.23. The van der Waals surface area contributed by atoms with E-state index in [1.165, 1.54) is 7.11 Å². The van der Waals surface area contributed by atoms with Gasteiger partial charge in [0, 0.05) is 7.11 Å². The number of aliphatic hydroxyl groups is 1. The van der Waals surface area contributed by atoms with Crippen molar-refractivity contribution in [3.05, 3.63) is 0 Å². The van der Waals surface area contributed by atoms with Crippen molar-refractivity contribution in [2.45, 2.75) is 5.85 Å². The summed E-state index contributed by atoms with van der Waals surface area (Å²) >= 11 is 5.21. The summed E-state index contributed by atoms with van der Waals surface area (Å²) in [4.78, 5) is 0. The van der Waals surface area contributed by atoms with Crippen molar-refractivity contribution in [1.82, 2.24) is 0 Å². The Hall–Kier alpha value is 0.270. The van der Waals surface area contributed by atoms with Crippen molar-refractivity contribution in [2.75, 3.05) is 26.2 Å². The lowest BCUT2D eigenvalue weighted by Gasteiger charge is -1.93. The zero-order valence-corrected chi connectivity index (χ0v) is 7.85. The number of aliphatic hydroxyl groups excluding tert-OH is 1. The van der Waals surface area contributed by atoms with E-state index >= 15 is 0 Å². The zero-order chi connectivity index (χ0) is 8.69. The minimum Gasteiger partial charge on any atom is -0.382 e. The predicted octanol–water partition coefficient (Wildman–Crippen LogP) is 0.949. The lowest BCUT2D eigenvalue weighted by atomic mass is 10.8. The fraction of sp³-hybridized carbons (Fsp3) is 1.00. The summed E-state index contributed by atoms with van der Waals surface area (Å²) in [5, 5.41) is 8.84. The van der Waals surface area contributed by atoms with E-state index in [9.17, 15) is 4.57 Å². The summed E-state index contributed by atoms with van der Waals surface area (Å²) in [6, 6.07) is 0. The van der Waals surface area contributed by atoms with E-state index in [0.717, 1.165) is 0 Å². The van der Waals surface area contributed by atoms with Crippen LogP contribution in [0.2, 0.25) is 0 Å². The van der Waals surface area contributed by atoms with Gasteiger partial charge in [-0.1, -0.05) is 0 Å². The molecule has 0 aliphatic heterocycles. The van der Waals surface area contributed by atoms with Crippen LogP contribution in [0.4, 0.5) is 0 Å².